The van der Waals surface area contributed by atoms with Crippen molar-refractivity contribution in [2.75, 3.05) is 0 Å². The van der Waals surface area contributed by atoms with Crippen LogP contribution >= 0.6 is 0 Å². The van der Waals surface area contributed by atoms with Gasteiger partial charge in [0.25, 0.3) is 0 Å². The Morgan fingerprint density at radius 3 is 1.94 bits per heavy atom. The van der Waals surface area contributed by atoms with Crippen LogP contribution < -0.4 is 0 Å². The largest absolute Gasteiger partial charge is 0.508 e. The molecule has 0 bridgehead atoms. The molecule has 0 amide bonds. The molecule has 17 heavy (non-hydrogen) atoms. The molecule has 0 saturated heterocycles. The molecule has 2 heteroatoms. The molecule has 0 aliphatic carbocycles. The third-order valence-corrected chi connectivity index (χ3v) is 2.72. The van der Waals surface area contributed by atoms with Crippen LogP contribution in [0.25, 0.3) is 10.9 Å². The Labute approximate surface area is 105 Å². The highest BCUT2D eigenvalue weighted by atomic mass is 16.3. The van der Waals surface area contributed by atoms with Gasteiger partial charge in [-0.15, -0.1) is 0 Å². The molecule has 2 rings (SSSR count). The molecule has 1 aromatic carbocycles. The van der Waals surface area contributed by atoms with E-state index in [-0.39, 0.29) is 0 Å². The Balaban J connectivity index is 0.000000581. The van der Waals surface area contributed by atoms with Crippen LogP contribution in [0, 0.1) is 20.8 Å². The van der Waals surface area contributed by atoms with Crippen LogP contribution in [0.15, 0.2) is 12.1 Å². The van der Waals surface area contributed by atoms with E-state index in [1.807, 2.05) is 47.6 Å². The van der Waals surface area contributed by atoms with Crippen molar-refractivity contribution < 1.29 is 5.11 Å². The number of rotatable bonds is 0. The van der Waals surface area contributed by atoms with Crippen LogP contribution in [0.3, 0.4) is 0 Å². The molecule has 0 spiro atoms. The fourth-order valence-electron chi connectivity index (χ4n) is 1.66. The first kappa shape index (κ1) is 15.6. The molecule has 2 nitrogen and oxygen atoms in total. The number of phenols is 1. The molecule has 2 aromatic rings. The summed E-state index contributed by atoms with van der Waals surface area (Å²) in [6, 6.07) is 3.70. The average molecular weight is 235 g/mol. The number of aryl methyl sites for hydroxylation is 3. The minimum atomic E-state index is 0.355. The van der Waals surface area contributed by atoms with Gasteiger partial charge in [0.2, 0.25) is 0 Å². The van der Waals surface area contributed by atoms with Crippen LogP contribution in [-0.2, 0) is 0 Å². The smallest absolute Gasteiger partial charge is 0.120 e. The van der Waals surface area contributed by atoms with Gasteiger partial charge in [-0.1, -0.05) is 27.7 Å². The van der Waals surface area contributed by atoms with Gasteiger partial charge in [-0.2, -0.15) is 0 Å². The average Bonchev–Trinajstić information content (AvgIpc) is 2.67. The topological polar surface area (TPSA) is 36.0 Å². The van der Waals surface area contributed by atoms with Crippen molar-refractivity contribution in [2.24, 2.45) is 0 Å². The summed E-state index contributed by atoms with van der Waals surface area (Å²) >= 11 is 0. The zero-order chi connectivity index (χ0) is 13.6. The molecule has 2 N–H and O–H groups in total. The Hall–Kier alpha value is -1.44. The second-order valence-electron chi connectivity index (χ2n) is 3.51. The van der Waals surface area contributed by atoms with Gasteiger partial charge in [0.1, 0.15) is 5.75 Å². The molecule has 96 valence electrons. The lowest BCUT2D eigenvalue weighted by molar-refractivity contribution is 0.472. The van der Waals surface area contributed by atoms with E-state index in [4.69, 9.17) is 0 Å². The molecular formula is C15H25NO. The highest BCUT2D eigenvalue weighted by molar-refractivity contribution is 5.88. The summed E-state index contributed by atoms with van der Waals surface area (Å²) in [6.07, 6.45) is 0. The first-order valence-corrected chi connectivity index (χ1v) is 6.38. The van der Waals surface area contributed by atoms with Gasteiger partial charge in [0, 0.05) is 16.6 Å². The lowest BCUT2D eigenvalue weighted by Gasteiger charge is -1.99. The van der Waals surface area contributed by atoms with Crippen molar-refractivity contribution in [2.45, 2.75) is 48.5 Å². The fourth-order valence-corrected chi connectivity index (χ4v) is 1.66. The molecule has 0 aliphatic heterocycles. The van der Waals surface area contributed by atoms with Gasteiger partial charge in [-0.3, -0.25) is 0 Å². The Bertz CT molecular complexity index is 469. The summed E-state index contributed by atoms with van der Waals surface area (Å²) in [5, 5.41) is 10.7. The van der Waals surface area contributed by atoms with Gasteiger partial charge < -0.3 is 10.1 Å². The molecular weight excluding hydrogens is 210 g/mol. The molecule has 0 atom stereocenters. The number of benzene rings is 1. The van der Waals surface area contributed by atoms with E-state index in [0.29, 0.717) is 5.75 Å². The van der Waals surface area contributed by atoms with E-state index in [0.717, 1.165) is 11.1 Å². The minimum absolute atomic E-state index is 0.355. The SMILES string of the molecule is CC.CC.Cc1[nH]c2c(C)c(O)ccc2c1C. The fraction of sp³-hybridized carbons (Fsp3) is 0.467. The van der Waals surface area contributed by atoms with Crippen molar-refractivity contribution in [3.63, 3.8) is 0 Å². The van der Waals surface area contributed by atoms with Crippen molar-refractivity contribution in [3.8, 4) is 5.75 Å². The van der Waals surface area contributed by atoms with Crippen LogP contribution in [0.5, 0.6) is 5.75 Å². The third-order valence-electron chi connectivity index (χ3n) is 2.72. The molecule has 1 aromatic heterocycles. The highest BCUT2D eigenvalue weighted by Crippen LogP contribution is 2.28. The quantitative estimate of drug-likeness (QED) is 0.672. The zero-order valence-corrected chi connectivity index (χ0v) is 12.1. The summed E-state index contributed by atoms with van der Waals surface area (Å²) in [7, 11) is 0. The molecule has 0 fully saturated rings. The predicted molar refractivity (Wildman–Crippen MR) is 76.9 cm³/mol. The number of phenolic OH excluding ortho intramolecular Hbond substituents is 1. The maximum atomic E-state index is 9.50. The number of aromatic nitrogens is 1. The second-order valence-corrected chi connectivity index (χ2v) is 3.51. The molecule has 0 radical (unpaired) electrons. The Morgan fingerprint density at radius 1 is 0.882 bits per heavy atom. The lowest BCUT2D eigenvalue weighted by atomic mass is 10.1. The van der Waals surface area contributed by atoms with Gasteiger partial charge in [-0.25, -0.2) is 0 Å². The summed E-state index contributed by atoms with van der Waals surface area (Å²) in [6.45, 7) is 14.1. The van der Waals surface area contributed by atoms with Gasteiger partial charge in [-0.05, 0) is 38.5 Å². The number of aromatic hydroxyl groups is 1. The maximum absolute atomic E-state index is 9.50. The Morgan fingerprint density at radius 2 is 1.41 bits per heavy atom. The summed E-state index contributed by atoms with van der Waals surface area (Å²) in [4.78, 5) is 3.28. The van der Waals surface area contributed by atoms with E-state index in [9.17, 15) is 5.11 Å². The lowest BCUT2D eigenvalue weighted by Crippen LogP contribution is -1.77. The number of H-pyrrole nitrogens is 1. The van der Waals surface area contributed by atoms with E-state index in [1.54, 1.807) is 6.07 Å². The second kappa shape index (κ2) is 7.00. The Kier molecular flexibility index (Phi) is 6.40. The minimum Gasteiger partial charge on any atom is -0.508 e. The predicted octanol–water partition coefficient (Wildman–Crippen LogP) is 4.85. The highest BCUT2D eigenvalue weighted by Gasteiger charge is 2.07. The van der Waals surface area contributed by atoms with Gasteiger partial charge in [0.05, 0.1) is 5.52 Å². The summed E-state index contributed by atoms with van der Waals surface area (Å²) in [5.74, 6) is 0.355. The summed E-state index contributed by atoms with van der Waals surface area (Å²) in [5.41, 5.74) is 4.41. The monoisotopic (exact) mass is 235 g/mol. The van der Waals surface area contributed by atoms with Crippen molar-refractivity contribution in [3.05, 3.63) is 29.0 Å². The zero-order valence-electron chi connectivity index (χ0n) is 12.1. The molecule has 0 unspecified atom stereocenters. The first-order valence-electron chi connectivity index (χ1n) is 6.38. The standard InChI is InChI=1S/C11H13NO.2C2H6/c1-6-8(3)12-11-7(2)10(13)5-4-9(6)11;2*1-2/h4-5,12-13H,1-3H3;2*1-2H3. The van der Waals surface area contributed by atoms with Crippen LogP contribution in [0.4, 0.5) is 0 Å². The number of hydrogen-bond acceptors (Lipinski definition) is 1. The number of fused-ring (bicyclic) bond motifs is 1. The first-order chi connectivity index (χ1) is 8.11. The van der Waals surface area contributed by atoms with Crippen LogP contribution in [0.1, 0.15) is 44.5 Å². The van der Waals surface area contributed by atoms with E-state index in [2.05, 4.69) is 11.9 Å². The van der Waals surface area contributed by atoms with Gasteiger partial charge in [0.15, 0.2) is 0 Å². The molecule has 0 saturated carbocycles. The normalized spacial score (nSPS) is 9.12. The summed E-state index contributed by atoms with van der Waals surface area (Å²) < 4.78 is 0. The number of nitrogens with one attached hydrogen (secondary N) is 1. The van der Waals surface area contributed by atoms with Crippen molar-refractivity contribution in [1.29, 1.82) is 0 Å². The maximum Gasteiger partial charge on any atom is 0.120 e. The van der Waals surface area contributed by atoms with Crippen LogP contribution in [0.2, 0.25) is 0 Å². The van der Waals surface area contributed by atoms with Gasteiger partial charge >= 0.3 is 0 Å². The van der Waals surface area contributed by atoms with E-state index >= 15 is 0 Å². The van der Waals surface area contributed by atoms with Crippen molar-refractivity contribution >= 4 is 10.9 Å². The molecule has 1 heterocycles. The van der Waals surface area contributed by atoms with E-state index in [1.165, 1.54) is 16.6 Å². The number of hydrogen-bond donors (Lipinski definition) is 2. The third kappa shape index (κ3) is 3.02. The molecule has 0 aliphatic rings. The van der Waals surface area contributed by atoms with E-state index < -0.39 is 0 Å². The van der Waals surface area contributed by atoms with Crippen molar-refractivity contribution in [1.82, 2.24) is 4.98 Å². The van der Waals surface area contributed by atoms with Crippen LogP contribution in [-0.4, -0.2) is 10.1 Å². The number of aromatic amines is 1.